The molecule has 0 aliphatic heterocycles. The van der Waals surface area contributed by atoms with Gasteiger partial charge in [-0.05, 0) is 36.8 Å². The summed E-state index contributed by atoms with van der Waals surface area (Å²) in [5.41, 5.74) is 2.83. The first-order valence-corrected chi connectivity index (χ1v) is 8.64. The van der Waals surface area contributed by atoms with Crippen molar-refractivity contribution in [3.8, 4) is 11.3 Å². The molecule has 1 amide bonds. The molecule has 0 fully saturated rings. The van der Waals surface area contributed by atoms with Gasteiger partial charge in [-0.1, -0.05) is 30.7 Å². The maximum atomic E-state index is 13.1. The van der Waals surface area contributed by atoms with Crippen LogP contribution in [-0.2, 0) is 6.42 Å². The summed E-state index contributed by atoms with van der Waals surface area (Å²) in [7, 11) is 0. The van der Waals surface area contributed by atoms with Crippen LogP contribution in [0.15, 0.2) is 47.8 Å². The maximum absolute atomic E-state index is 13.1. The van der Waals surface area contributed by atoms with Gasteiger partial charge in [-0.3, -0.25) is 4.79 Å². The first kappa shape index (κ1) is 16.6. The number of aryl methyl sites for hydroxylation is 1. The number of carbonyl (C=O) groups excluding carboxylic acids is 1. The Balaban J connectivity index is 1.74. The lowest BCUT2D eigenvalue weighted by molar-refractivity contribution is 0.102. The van der Waals surface area contributed by atoms with Crippen molar-refractivity contribution in [2.45, 2.75) is 13.3 Å². The van der Waals surface area contributed by atoms with Crippen molar-refractivity contribution in [2.75, 3.05) is 5.32 Å². The third-order valence-electron chi connectivity index (χ3n) is 3.47. The van der Waals surface area contributed by atoms with Gasteiger partial charge >= 0.3 is 0 Å². The fourth-order valence-electron chi connectivity index (χ4n) is 2.18. The molecule has 0 saturated heterocycles. The van der Waals surface area contributed by atoms with E-state index in [9.17, 15) is 9.18 Å². The second kappa shape index (κ2) is 7.11. The van der Waals surface area contributed by atoms with Crippen molar-refractivity contribution >= 4 is 34.5 Å². The molecule has 1 N–H and O–H groups in total. The highest BCUT2D eigenvalue weighted by Gasteiger charge is 2.09. The van der Waals surface area contributed by atoms with E-state index in [4.69, 9.17) is 11.6 Å². The lowest BCUT2D eigenvalue weighted by Gasteiger charge is -2.06. The molecule has 0 radical (unpaired) electrons. The van der Waals surface area contributed by atoms with Crippen LogP contribution in [0.1, 0.15) is 22.3 Å². The highest BCUT2D eigenvalue weighted by molar-refractivity contribution is 7.09. The van der Waals surface area contributed by atoms with E-state index in [2.05, 4.69) is 17.2 Å². The molecule has 1 heterocycles. The monoisotopic (exact) mass is 360 g/mol. The van der Waals surface area contributed by atoms with Crippen LogP contribution >= 0.6 is 22.9 Å². The molecule has 24 heavy (non-hydrogen) atoms. The van der Waals surface area contributed by atoms with Gasteiger partial charge in [0, 0.05) is 22.2 Å². The van der Waals surface area contributed by atoms with Gasteiger partial charge in [-0.2, -0.15) is 0 Å². The molecular weight excluding hydrogens is 347 g/mol. The van der Waals surface area contributed by atoms with E-state index < -0.39 is 5.82 Å². The predicted octanol–water partition coefficient (Wildman–Crippen LogP) is 5.42. The molecule has 3 nitrogen and oxygen atoms in total. The highest BCUT2D eigenvalue weighted by atomic mass is 35.5. The van der Waals surface area contributed by atoms with E-state index in [1.165, 1.54) is 18.2 Å². The smallest absolute Gasteiger partial charge is 0.255 e. The summed E-state index contributed by atoms with van der Waals surface area (Å²) in [4.78, 5) is 16.8. The summed E-state index contributed by atoms with van der Waals surface area (Å²) in [6.07, 6.45) is 0.908. The van der Waals surface area contributed by atoms with Crippen LogP contribution in [0.3, 0.4) is 0 Å². The van der Waals surface area contributed by atoms with Crippen LogP contribution in [0.4, 0.5) is 10.1 Å². The van der Waals surface area contributed by atoms with Gasteiger partial charge in [0.15, 0.2) is 0 Å². The Bertz CT molecular complexity index is 877. The zero-order chi connectivity index (χ0) is 17.1. The highest BCUT2D eigenvalue weighted by Crippen LogP contribution is 2.23. The second-order valence-corrected chi connectivity index (χ2v) is 6.49. The Hall–Kier alpha value is -2.24. The van der Waals surface area contributed by atoms with E-state index >= 15 is 0 Å². The van der Waals surface area contributed by atoms with Gasteiger partial charge in [0.05, 0.1) is 15.7 Å². The fourth-order valence-corrected chi connectivity index (χ4v) is 3.11. The minimum atomic E-state index is -0.520. The van der Waals surface area contributed by atoms with Gasteiger partial charge in [-0.15, -0.1) is 11.3 Å². The number of rotatable bonds is 4. The minimum absolute atomic E-state index is 0.0293. The Morgan fingerprint density at radius 1 is 1.25 bits per heavy atom. The molecule has 0 bridgehead atoms. The molecule has 0 atom stereocenters. The van der Waals surface area contributed by atoms with Crippen molar-refractivity contribution < 1.29 is 9.18 Å². The number of carbonyl (C=O) groups is 1. The van der Waals surface area contributed by atoms with Crippen molar-refractivity contribution in [3.63, 3.8) is 0 Å². The number of hydrogen-bond acceptors (Lipinski definition) is 3. The normalized spacial score (nSPS) is 10.6. The SMILES string of the molecule is CCc1nc(-c2ccc(C(=O)Nc3ccc(F)c(Cl)c3)cc2)cs1. The Labute approximate surface area is 148 Å². The largest absolute Gasteiger partial charge is 0.322 e. The summed E-state index contributed by atoms with van der Waals surface area (Å²) < 4.78 is 13.1. The predicted molar refractivity (Wildman–Crippen MR) is 96.3 cm³/mol. The van der Waals surface area contributed by atoms with E-state index in [-0.39, 0.29) is 10.9 Å². The molecular formula is C18H14ClFN2OS. The van der Waals surface area contributed by atoms with Crippen LogP contribution in [-0.4, -0.2) is 10.9 Å². The number of halogens is 2. The summed E-state index contributed by atoms with van der Waals surface area (Å²) in [6, 6.07) is 11.3. The molecule has 3 aromatic rings. The first-order valence-electron chi connectivity index (χ1n) is 7.38. The fraction of sp³-hybridized carbons (Fsp3) is 0.111. The molecule has 3 rings (SSSR count). The van der Waals surface area contributed by atoms with Crippen LogP contribution in [0.5, 0.6) is 0 Å². The molecule has 0 saturated carbocycles. The lowest BCUT2D eigenvalue weighted by atomic mass is 10.1. The number of benzene rings is 2. The van der Waals surface area contributed by atoms with Gasteiger partial charge in [-0.25, -0.2) is 9.37 Å². The maximum Gasteiger partial charge on any atom is 0.255 e. The number of nitrogens with one attached hydrogen (secondary N) is 1. The van der Waals surface area contributed by atoms with Gasteiger partial charge in [0.2, 0.25) is 0 Å². The van der Waals surface area contributed by atoms with Gasteiger partial charge in [0.25, 0.3) is 5.91 Å². The Kier molecular flexibility index (Phi) is 4.92. The van der Waals surface area contributed by atoms with Gasteiger partial charge in [0.1, 0.15) is 5.82 Å². The quantitative estimate of drug-likeness (QED) is 0.675. The van der Waals surface area contributed by atoms with Crippen molar-refractivity contribution in [1.82, 2.24) is 4.98 Å². The molecule has 2 aromatic carbocycles. The molecule has 0 unspecified atom stereocenters. The molecule has 0 aliphatic carbocycles. The van der Waals surface area contributed by atoms with E-state index in [0.717, 1.165) is 22.7 Å². The number of anilines is 1. The zero-order valence-electron chi connectivity index (χ0n) is 12.8. The number of aromatic nitrogens is 1. The lowest BCUT2D eigenvalue weighted by Crippen LogP contribution is -2.11. The first-order chi connectivity index (χ1) is 11.6. The standard InChI is InChI=1S/C18H14ClFN2OS/c1-2-17-22-16(10-24-17)11-3-5-12(6-4-11)18(23)21-13-7-8-15(20)14(19)9-13/h3-10H,2H2,1H3,(H,21,23). The molecule has 6 heteroatoms. The average Bonchev–Trinajstić information content (AvgIpc) is 3.07. The number of amides is 1. The summed E-state index contributed by atoms with van der Waals surface area (Å²) >= 11 is 7.34. The Morgan fingerprint density at radius 3 is 2.62 bits per heavy atom. The number of nitrogens with zero attached hydrogens (tertiary/aromatic N) is 1. The third kappa shape index (κ3) is 3.63. The van der Waals surface area contributed by atoms with Crippen LogP contribution in [0.2, 0.25) is 5.02 Å². The van der Waals surface area contributed by atoms with Gasteiger partial charge < -0.3 is 5.32 Å². The molecule has 0 spiro atoms. The minimum Gasteiger partial charge on any atom is -0.322 e. The summed E-state index contributed by atoms with van der Waals surface area (Å²) in [5.74, 6) is -0.800. The number of hydrogen-bond donors (Lipinski definition) is 1. The van der Waals surface area contributed by atoms with Crippen molar-refractivity contribution in [3.05, 3.63) is 69.3 Å². The Morgan fingerprint density at radius 2 is 2.00 bits per heavy atom. The molecule has 0 aliphatic rings. The van der Waals surface area contributed by atoms with Crippen LogP contribution in [0.25, 0.3) is 11.3 Å². The van der Waals surface area contributed by atoms with Crippen LogP contribution < -0.4 is 5.32 Å². The summed E-state index contributed by atoms with van der Waals surface area (Å²) in [6.45, 7) is 2.07. The average molecular weight is 361 g/mol. The topological polar surface area (TPSA) is 42.0 Å². The molecule has 122 valence electrons. The summed E-state index contributed by atoms with van der Waals surface area (Å²) in [5, 5.41) is 5.76. The van der Waals surface area contributed by atoms with Crippen molar-refractivity contribution in [1.29, 1.82) is 0 Å². The van der Waals surface area contributed by atoms with Crippen molar-refractivity contribution in [2.24, 2.45) is 0 Å². The van der Waals surface area contributed by atoms with E-state index in [0.29, 0.717) is 11.3 Å². The van der Waals surface area contributed by atoms with Crippen LogP contribution in [0, 0.1) is 5.82 Å². The zero-order valence-corrected chi connectivity index (χ0v) is 14.4. The number of thiazole rings is 1. The molecule has 1 aromatic heterocycles. The van der Waals surface area contributed by atoms with E-state index in [1.54, 1.807) is 23.5 Å². The third-order valence-corrected chi connectivity index (χ3v) is 4.76. The second-order valence-electron chi connectivity index (χ2n) is 5.14. The van der Waals surface area contributed by atoms with E-state index in [1.807, 2.05) is 17.5 Å².